The summed E-state index contributed by atoms with van der Waals surface area (Å²) < 4.78 is 0. The monoisotopic (exact) mass is 282 g/mol. The Morgan fingerprint density at radius 2 is 2.16 bits per heavy atom. The Bertz CT molecular complexity index is 436. The van der Waals surface area contributed by atoms with Crippen molar-refractivity contribution in [2.75, 3.05) is 13.1 Å². The molecule has 0 amide bonds. The molecular weight excluding hydrogens is 260 g/mol. The minimum absolute atomic E-state index is 0.0220. The van der Waals surface area contributed by atoms with Crippen LogP contribution in [0, 0.1) is 0 Å². The number of β-amino-alcohol motifs (C(OH)–C–C–N with tert-alkyl or cyclic N) is 1. The molecule has 3 atom stereocenters. The van der Waals surface area contributed by atoms with Gasteiger partial charge in [-0.3, -0.25) is 4.90 Å². The Morgan fingerprint density at radius 1 is 1.47 bits per heavy atom. The van der Waals surface area contributed by atoms with Crippen LogP contribution in [0.2, 0.25) is 5.02 Å². The molecule has 0 bridgehead atoms. The molecule has 106 valence electrons. The second-order valence-electron chi connectivity index (χ2n) is 5.76. The molecule has 19 heavy (non-hydrogen) atoms. The van der Waals surface area contributed by atoms with Gasteiger partial charge in [-0.25, -0.2) is 0 Å². The van der Waals surface area contributed by atoms with E-state index < -0.39 is 5.60 Å². The van der Waals surface area contributed by atoms with Crippen molar-refractivity contribution >= 4 is 11.6 Å². The number of rotatable bonds is 4. The Balaban J connectivity index is 2.30. The fourth-order valence-electron chi connectivity index (χ4n) is 2.85. The predicted molar refractivity (Wildman–Crippen MR) is 79.3 cm³/mol. The minimum atomic E-state index is -0.618. The molecule has 0 spiro atoms. The summed E-state index contributed by atoms with van der Waals surface area (Å²) in [5.41, 5.74) is 6.75. The summed E-state index contributed by atoms with van der Waals surface area (Å²) in [6.07, 6.45) is 1.67. The molecule has 3 nitrogen and oxygen atoms in total. The van der Waals surface area contributed by atoms with E-state index in [-0.39, 0.29) is 12.1 Å². The van der Waals surface area contributed by atoms with Crippen LogP contribution in [-0.2, 0) is 0 Å². The molecule has 1 aromatic rings. The fourth-order valence-corrected chi connectivity index (χ4v) is 3.10. The zero-order chi connectivity index (χ0) is 14.0. The van der Waals surface area contributed by atoms with Gasteiger partial charge in [-0.05, 0) is 31.4 Å². The average Bonchev–Trinajstić information content (AvgIpc) is 2.72. The normalized spacial score (nSPS) is 27.4. The van der Waals surface area contributed by atoms with Crippen molar-refractivity contribution in [3.8, 4) is 0 Å². The number of nitrogens with two attached hydrogens (primary N) is 1. The van der Waals surface area contributed by atoms with E-state index >= 15 is 0 Å². The van der Waals surface area contributed by atoms with Crippen LogP contribution in [0.3, 0.4) is 0 Å². The number of benzene rings is 1. The highest BCUT2D eigenvalue weighted by atomic mass is 35.5. The third-order valence-corrected chi connectivity index (χ3v) is 4.32. The highest BCUT2D eigenvalue weighted by Crippen LogP contribution is 2.35. The molecule has 0 radical (unpaired) electrons. The first-order chi connectivity index (χ1) is 8.94. The highest BCUT2D eigenvalue weighted by molar-refractivity contribution is 6.31. The Hall–Kier alpha value is -0.610. The van der Waals surface area contributed by atoms with Crippen molar-refractivity contribution in [3.05, 3.63) is 34.9 Å². The zero-order valence-electron chi connectivity index (χ0n) is 11.6. The van der Waals surface area contributed by atoms with Gasteiger partial charge in [-0.2, -0.15) is 0 Å². The summed E-state index contributed by atoms with van der Waals surface area (Å²) in [5.74, 6) is 0. The van der Waals surface area contributed by atoms with Crippen molar-refractivity contribution in [2.45, 2.75) is 44.4 Å². The van der Waals surface area contributed by atoms with Crippen molar-refractivity contribution in [1.82, 2.24) is 4.90 Å². The maximum atomic E-state index is 10.2. The van der Waals surface area contributed by atoms with Crippen LogP contribution in [0.25, 0.3) is 0 Å². The van der Waals surface area contributed by atoms with Crippen LogP contribution < -0.4 is 5.73 Å². The molecule has 1 aliphatic heterocycles. The maximum Gasteiger partial charge on any atom is 0.0758 e. The lowest BCUT2D eigenvalue weighted by molar-refractivity contribution is 0.0593. The third kappa shape index (κ3) is 3.29. The number of hydrogen-bond acceptors (Lipinski definition) is 3. The molecule has 0 saturated carbocycles. The van der Waals surface area contributed by atoms with Gasteiger partial charge in [0.1, 0.15) is 0 Å². The van der Waals surface area contributed by atoms with E-state index in [4.69, 9.17) is 17.3 Å². The van der Waals surface area contributed by atoms with Crippen LogP contribution in [0.15, 0.2) is 24.3 Å². The summed E-state index contributed by atoms with van der Waals surface area (Å²) >= 11 is 6.32. The molecule has 1 aromatic carbocycles. The molecule has 3 N–H and O–H groups in total. The van der Waals surface area contributed by atoms with Crippen molar-refractivity contribution in [3.63, 3.8) is 0 Å². The van der Waals surface area contributed by atoms with E-state index in [9.17, 15) is 5.11 Å². The number of hydrogen-bond donors (Lipinski definition) is 2. The first-order valence-corrected chi connectivity index (χ1v) is 7.29. The summed E-state index contributed by atoms with van der Waals surface area (Å²) in [6, 6.07) is 7.96. The number of halogens is 1. The second kappa shape index (κ2) is 5.80. The van der Waals surface area contributed by atoms with Gasteiger partial charge in [0.15, 0.2) is 0 Å². The van der Waals surface area contributed by atoms with Gasteiger partial charge in [0.2, 0.25) is 0 Å². The van der Waals surface area contributed by atoms with Crippen LogP contribution in [0.5, 0.6) is 0 Å². The Morgan fingerprint density at radius 3 is 2.68 bits per heavy atom. The van der Waals surface area contributed by atoms with Gasteiger partial charge >= 0.3 is 0 Å². The molecule has 1 fully saturated rings. The average molecular weight is 283 g/mol. The lowest BCUT2D eigenvalue weighted by Gasteiger charge is -2.33. The van der Waals surface area contributed by atoms with Gasteiger partial charge < -0.3 is 10.8 Å². The number of aliphatic hydroxyl groups is 1. The molecule has 2 rings (SSSR count). The summed E-state index contributed by atoms with van der Waals surface area (Å²) in [7, 11) is 0. The molecule has 1 heterocycles. The van der Waals surface area contributed by atoms with E-state index in [1.165, 1.54) is 0 Å². The van der Waals surface area contributed by atoms with E-state index in [0.29, 0.717) is 6.54 Å². The van der Waals surface area contributed by atoms with Crippen molar-refractivity contribution in [1.29, 1.82) is 0 Å². The fraction of sp³-hybridized carbons (Fsp3) is 0.600. The number of likely N-dealkylation sites (tertiary alicyclic amines) is 1. The first kappa shape index (κ1) is 14.8. The quantitative estimate of drug-likeness (QED) is 0.892. The van der Waals surface area contributed by atoms with Crippen LogP contribution in [-0.4, -0.2) is 34.7 Å². The van der Waals surface area contributed by atoms with Gasteiger partial charge in [0.05, 0.1) is 11.6 Å². The number of nitrogens with zero attached hydrogens (tertiary/aromatic N) is 1. The standard InChI is InChI=1S/C15H23ClN2O/c1-3-13(17)14(11-6-4-5-7-12(11)16)18-9-8-15(2,19)10-18/h4-7,13-14,19H,3,8-10,17H2,1-2H3. The maximum absolute atomic E-state index is 10.2. The zero-order valence-corrected chi connectivity index (χ0v) is 12.4. The Kier molecular flexibility index (Phi) is 4.51. The van der Waals surface area contributed by atoms with Crippen LogP contribution in [0.1, 0.15) is 38.3 Å². The Labute approximate surface area is 120 Å². The molecule has 1 saturated heterocycles. The lowest BCUT2D eigenvalue weighted by Crippen LogP contribution is -2.41. The van der Waals surface area contributed by atoms with Gasteiger partial charge in [-0.1, -0.05) is 36.7 Å². The summed E-state index contributed by atoms with van der Waals surface area (Å²) in [4.78, 5) is 2.26. The molecule has 0 aliphatic carbocycles. The van der Waals surface area contributed by atoms with Crippen LogP contribution >= 0.6 is 11.6 Å². The largest absolute Gasteiger partial charge is 0.389 e. The molecule has 3 unspecified atom stereocenters. The minimum Gasteiger partial charge on any atom is -0.389 e. The first-order valence-electron chi connectivity index (χ1n) is 6.91. The van der Waals surface area contributed by atoms with Crippen molar-refractivity contribution in [2.24, 2.45) is 5.73 Å². The van der Waals surface area contributed by atoms with E-state index in [1.807, 2.05) is 31.2 Å². The van der Waals surface area contributed by atoms with E-state index in [0.717, 1.165) is 30.0 Å². The van der Waals surface area contributed by atoms with Gasteiger partial charge in [0.25, 0.3) is 0 Å². The lowest BCUT2D eigenvalue weighted by atomic mass is 9.96. The SMILES string of the molecule is CCC(N)C(c1ccccc1Cl)N1CCC(C)(O)C1. The van der Waals surface area contributed by atoms with Gasteiger partial charge in [-0.15, -0.1) is 0 Å². The molecular formula is C15H23ClN2O. The molecule has 1 aliphatic rings. The molecule has 0 aromatic heterocycles. The third-order valence-electron chi connectivity index (χ3n) is 3.98. The predicted octanol–water partition coefficient (Wildman–Crippen LogP) is 2.58. The smallest absolute Gasteiger partial charge is 0.0758 e. The van der Waals surface area contributed by atoms with Crippen LogP contribution in [0.4, 0.5) is 0 Å². The van der Waals surface area contributed by atoms with E-state index in [1.54, 1.807) is 0 Å². The van der Waals surface area contributed by atoms with Crippen molar-refractivity contribution < 1.29 is 5.11 Å². The second-order valence-corrected chi connectivity index (χ2v) is 6.16. The topological polar surface area (TPSA) is 49.5 Å². The van der Waals surface area contributed by atoms with Gasteiger partial charge in [0, 0.05) is 24.2 Å². The summed E-state index contributed by atoms with van der Waals surface area (Å²) in [5, 5.41) is 10.9. The highest BCUT2D eigenvalue weighted by Gasteiger charge is 2.37. The molecule has 4 heteroatoms. The summed E-state index contributed by atoms with van der Waals surface area (Å²) in [6.45, 7) is 5.48. The van der Waals surface area contributed by atoms with E-state index in [2.05, 4.69) is 11.8 Å².